The number of alkyl halides is 2. The van der Waals surface area contributed by atoms with E-state index in [1.807, 2.05) is 0 Å². The first-order chi connectivity index (χ1) is 12.0. The van der Waals surface area contributed by atoms with Gasteiger partial charge in [0.25, 0.3) is 5.76 Å². The van der Waals surface area contributed by atoms with Crippen molar-refractivity contribution in [1.82, 2.24) is 0 Å². The molecule has 2 aromatic rings. The van der Waals surface area contributed by atoms with Gasteiger partial charge in [-0.25, -0.2) is 4.79 Å². The summed E-state index contributed by atoms with van der Waals surface area (Å²) in [6, 6.07) is 9.44. The lowest BCUT2D eigenvalue weighted by atomic mass is 10.1. The van der Waals surface area contributed by atoms with E-state index in [4.69, 9.17) is 25.8 Å². The molecule has 3 rings (SSSR count). The lowest BCUT2D eigenvalue weighted by molar-refractivity contribution is -0.0180. The average Bonchev–Trinajstić information content (AvgIpc) is 2.59. The van der Waals surface area contributed by atoms with Crippen LogP contribution in [0.25, 0.3) is 0 Å². The van der Waals surface area contributed by atoms with E-state index in [0.717, 1.165) is 5.56 Å². The van der Waals surface area contributed by atoms with Crippen molar-refractivity contribution in [2.45, 2.75) is 23.9 Å². The van der Waals surface area contributed by atoms with Crippen molar-refractivity contribution in [3.8, 4) is 5.75 Å². The molecule has 2 aromatic carbocycles. The third kappa shape index (κ3) is 4.42. The summed E-state index contributed by atoms with van der Waals surface area (Å²) < 4.78 is 41.2. The molecule has 0 radical (unpaired) electrons. The standard InChI is InChI=1S/C17H13ClF2O4S/c18-12-5-10-7-22-9-24-15(10)11(6-12)8-23-16(21)13-3-1-2-4-14(13)25-17(19)20/h1-6,17H,7-9H2. The molecule has 0 unspecified atom stereocenters. The summed E-state index contributed by atoms with van der Waals surface area (Å²) in [6.45, 7) is 0.365. The number of carbonyl (C=O) groups is 1. The van der Waals surface area contributed by atoms with E-state index in [1.54, 1.807) is 24.3 Å². The van der Waals surface area contributed by atoms with Gasteiger partial charge in [0.1, 0.15) is 12.4 Å². The molecule has 25 heavy (non-hydrogen) atoms. The molecule has 0 saturated carbocycles. The van der Waals surface area contributed by atoms with Crippen LogP contribution >= 0.6 is 23.4 Å². The molecule has 8 heteroatoms. The molecule has 1 aliphatic heterocycles. The Morgan fingerprint density at radius 3 is 2.92 bits per heavy atom. The molecular formula is C17H13ClF2O4S. The Morgan fingerprint density at radius 1 is 1.32 bits per heavy atom. The molecule has 0 fully saturated rings. The Hall–Kier alpha value is -1.83. The van der Waals surface area contributed by atoms with Crippen LogP contribution in [-0.4, -0.2) is 18.5 Å². The van der Waals surface area contributed by atoms with Gasteiger partial charge in [-0.15, -0.1) is 0 Å². The number of ether oxygens (including phenoxy) is 3. The molecular weight excluding hydrogens is 374 g/mol. The van der Waals surface area contributed by atoms with Crippen LogP contribution in [-0.2, 0) is 22.7 Å². The Bertz CT molecular complexity index is 785. The summed E-state index contributed by atoms with van der Waals surface area (Å²) in [5, 5.41) is 0.465. The summed E-state index contributed by atoms with van der Waals surface area (Å²) in [7, 11) is 0. The molecule has 0 saturated heterocycles. The molecule has 132 valence electrons. The van der Waals surface area contributed by atoms with Gasteiger partial charge in [-0.3, -0.25) is 0 Å². The van der Waals surface area contributed by atoms with E-state index < -0.39 is 11.7 Å². The van der Waals surface area contributed by atoms with Gasteiger partial charge in [-0.05, 0) is 24.3 Å². The first-order valence-electron chi connectivity index (χ1n) is 7.27. The van der Waals surface area contributed by atoms with Crippen LogP contribution in [0.2, 0.25) is 5.02 Å². The summed E-state index contributed by atoms with van der Waals surface area (Å²) >= 11 is 6.36. The van der Waals surface area contributed by atoms with Crippen molar-refractivity contribution >= 4 is 29.3 Å². The summed E-state index contributed by atoms with van der Waals surface area (Å²) in [5.74, 6) is -2.74. The summed E-state index contributed by atoms with van der Waals surface area (Å²) in [4.78, 5) is 12.5. The monoisotopic (exact) mass is 386 g/mol. The first kappa shape index (κ1) is 18.0. The second-order valence-corrected chi connectivity index (χ2v) is 6.58. The van der Waals surface area contributed by atoms with Gasteiger partial charge in [0.15, 0.2) is 6.79 Å². The van der Waals surface area contributed by atoms with Crippen LogP contribution < -0.4 is 4.74 Å². The van der Waals surface area contributed by atoms with Crippen LogP contribution in [0.5, 0.6) is 5.75 Å². The minimum Gasteiger partial charge on any atom is -0.467 e. The van der Waals surface area contributed by atoms with E-state index in [9.17, 15) is 13.6 Å². The van der Waals surface area contributed by atoms with Gasteiger partial charge in [0.05, 0.1) is 12.2 Å². The number of fused-ring (bicyclic) bond motifs is 1. The maximum absolute atomic E-state index is 12.6. The van der Waals surface area contributed by atoms with E-state index in [0.29, 0.717) is 34.7 Å². The molecule has 0 spiro atoms. The number of esters is 1. The van der Waals surface area contributed by atoms with Gasteiger partial charge in [-0.2, -0.15) is 8.78 Å². The molecule has 4 nitrogen and oxygen atoms in total. The number of halogens is 3. The minimum atomic E-state index is -2.62. The molecule has 0 aromatic heterocycles. The van der Waals surface area contributed by atoms with Crippen LogP contribution in [0.3, 0.4) is 0 Å². The van der Waals surface area contributed by atoms with Crippen molar-refractivity contribution < 1.29 is 27.8 Å². The highest BCUT2D eigenvalue weighted by Crippen LogP contribution is 2.33. The number of thioether (sulfide) groups is 1. The number of rotatable bonds is 5. The van der Waals surface area contributed by atoms with Gasteiger partial charge >= 0.3 is 5.97 Å². The Kier molecular flexibility index (Phi) is 5.78. The van der Waals surface area contributed by atoms with Gasteiger partial charge in [-0.1, -0.05) is 35.5 Å². The first-order valence-corrected chi connectivity index (χ1v) is 8.53. The zero-order valence-corrected chi connectivity index (χ0v) is 14.4. The highest BCUT2D eigenvalue weighted by Gasteiger charge is 2.20. The largest absolute Gasteiger partial charge is 0.467 e. The Balaban J connectivity index is 1.76. The number of hydrogen-bond acceptors (Lipinski definition) is 5. The molecule has 0 atom stereocenters. The smallest absolute Gasteiger partial charge is 0.339 e. The van der Waals surface area contributed by atoms with Crippen molar-refractivity contribution in [2.24, 2.45) is 0 Å². The van der Waals surface area contributed by atoms with Crippen molar-refractivity contribution in [2.75, 3.05) is 6.79 Å². The van der Waals surface area contributed by atoms with Crippen LogP contribution in [0.15, 0.2) is 41.3 Å². The zero-order valence-electron chi connectivity index (χ0n) is 12.8. The quantitative estimate of drug-likeness (QED) is 0.541. The van der Waals surface area contributed by atoms with E-state index in [-0.39, 0.29) is 23.9 Å². The molecule has 0 N–H and O–H groups in total. The lowest BCUT2D eigenvalue weighted by Crippen LogP contribution is -2.14. The summed E-state index contributed by atoms with van der Waals surface area (Å²) in [5.41, 5.74) is 1.45. The number of hydrogen-bond donors (Lipinski definition) is 0. The fourth-order valence-corrected chi connectivity index (χ4v) is 3.31. The van der Waals surface area contributed by atoms with Crippen LogP contribution in [0.1, 0.15) is 21.5 Å². The molecule has 0 bridgehead atoms. The highest BCUT2D eigenvalue weighted by atomic mass is 35.5. The molecule has 1 heterocycles. The fourth-order valence-electron chi connectivity index (χ4n) is 2.42. The van der Waals surface area contributed by atoms with E-state index >= 15 is 0 Å². The maximum atomic E-state index is 12.6. The van der Waals surface area contributed by atoms with E-state index in [2.05, 4.69) is 0 Å². The topological polar surface area (TPSA) is 44.8 Å². The minimum absolute atomic E-state index is 0.0879. The molecule has 1 aliphatic rings. The van der Waals surface area contributed by atoms with Crippen molar-refractivity contribution in [3.63, 3.8) is 0 Å². The van der Waals surface area contributed by atoms with Crippen molar-refractivity contribution in [1.29, 1.82) is 0 Å². The fraction of sp³-hybridized carbons (Fsp3) is 0.235. The highest BCUT2D eigenvalue weighted by molar-refractivity contribution is 7.99. The van der Waals surface area contributed by atoms with Gasteiger partial charge in [0, 0.05) is 21.0 Å². The summed E-state index contributed by atoms with van der Waals surface area (Å²) in [6.07, 6.45) is 0. The van der Waals surface area contributed by atoms with Crippen molar-refractivity contribution in [3.05, 3.63) is 58.1 Å². The SMILES string of the molecule is O=C(OCc1cc(Cl)cc2c1OCOC2)c1ccccc1SC(F)F. The lowest BCUT2D eigenvalue weighted by Gasteiger charge is -2.21. The van der Waals surface area contributed by atoms with Gasteiger partial charge in [0.2, 0.25) is 0 Å². The number of carbonyl (C=O) groups excluding carboxylic acids is 1. The van der Waals surface area contributed by atoms with E-state index in [1.165, 1.54) is 12.1 Å². The molecule has 0 aliphatic carbocycles. The third-order valence-electron chi connectivity index (χ3n) is 3.43. The maximum Gasteiger partial charge on any atom is 0.339 e. The molecule has 0 amide bonds. The van der Waals surface area contributed by atoms with Crippen LogP contribution in [0.4, 0.5) is 8.78 Å². The predicted octanol–water partition coefficient (Wildman–Crippen LogP) is 4.88. The number of benzene rings is 2. The average molecular weight is 387 g/mol. The van der Waals surface area contributed by atoms with Gasteiger partial charge < -0.3 is 14.2 Å². The predicted molar refractivity (Wildman–Crippen MR) is 89.2 cm³/mol. The second kappa shape index (κ2) is 8.03. The zero-order chi connectivity index (χ0) is 17.8. The normalized spacial score (nSPS) is 13.3. The Labute approximate surface area is 152 Å². The Morgan fingerprint density at radius 2 is 2.12 bits per heavy atom. The van der Waals surface area contributed by atoms with Crippen LogP contribution in [0, 0.1) is 0 Å². The third-order valence-corrected chi connectivity index (χ3v) is 4.44. The second-order valence-electron chi connectivity index (χ2n) is 5.11.